The van der Waals surface area contributed by atoms with Crippen molar-refractivity contribution in [2.24, 2.45) is 0 Å². The Bertz CT molecular complexity index is 487. The van der Waals surface area contributed by atoms with Crippen LogP contribution in [-0.4, -0.2) is 27.5 Å². The van der Waals surface area contributed by atoms with E-state index in [0.29, 0.717) is 18.9 Å². The van der Waals surface area contributed by atoms with Crippen LogP contribution in [0.2, 0.25) is 0 Å². The quantitative estimate of drug-likeness (QED) is 0.636. The molecule has 110 valence electrons. The van der Waals surface area contributed by atoms with E-state index in [-0.39, 0.29) is 23.4 Å². The predicted molar refractivity (Wildman–Crippen MR) is 75.1 cm³/mol. The number of nitrogens with zero attached hydrogens (tertiary/aromatic N) is 3. The van der Waals surface area contributed by atoms with E-state index in [1.54, 1.807) is 6.92 Å². The van der Waals surface area contributed by atoms with E-state index in [4.69, 9.17) is 4.74 Å². The van der Waals surface area contributed by atoms with Crippen LogP contribution in [0.3, 0.4) is 0 Å². The van der Waals surface area contributed by atoms with Crippen molar-refractivity contribution in [2.45, 2.75) is 52.0 Å². The van der Waals surface area contributed by atoms with Gasteiger partial charge in [0.05, 0.1) is 11.5 Å². The van der Waals surface area contributed by atoms with E-state index in [1.807, 2.05) is 6.92 Å². The van der Waals surface area contributed by atoms with Gasteiger partial charge in [0.2, 0.25) is 5.82 Å². The Morgan fingerprint density at radius 3 is 2.60 bits per heavy atom. The summed E-state index contributed by atoms with van der Waals surface area (Å²) in [5.41, 5.74) is -0.157. The number of rotatable bonds is 6. The molecule has 0 radical (unpaired) electrons. The van der Waals surface area contributed by atoms with Crippen molar-refractivity contribution in [3.05, 3.63) is 15.9 Å². The largest absolute Gasteiger partial charge is 0.473 e. The van der Waals surface area contributed by atoms with E-state index in [0.717, 1.165) is 25.7 Å². The smallest absolute Gasteiger partial charge is 0.372 e. The zero-order valence-corrected chi connectivity index (χ0v) is 11.9. The number of ether oxygens (including phenoxy) is 1. The average molecular weight is 280 g/mol. The number of nitro groups is 1. The van der Waals surface area contributed by atoms with Crippen LogP contribution < -0.4 is 10.1 Å². The monoisotopic (exact) mass is 280 g/mol. The Balaban J connectivity index is 2.39. The van der Waals surface area contributed by atoms with Crippen molar-refractivity contribution >= 4 is 11.5 Å². The van der Waals surface area contributed by atoms with Crippen LogP contribution in [0.1, 0.15) is 45.4 Å². The SMILES string of the molecule is CCOc1nc(CC)nc(NC2CCCC2)c1[N+](=O)[O-]. The number of nitrogens with one attached hydrogen (secondary N) is 1. The van der Waals surface area contributed by atoms with Gasteiger partial charge < -0.3 is 10.1 Å². The summed E-state index contributed by atoms with van der Waals surface area (Å²) < 4.78 is 5.31. The maximum atomic E-state index is 11.3. The second-order valence-corrected chi connectivity index (χ2v) is 4.81. The lowest BCUT2D eigenvalue weighted by Gasteiger charge is -2.14. The van der Waals surface area contributed by atoms with Gasteiger partial charge in [0.15, 0.2) is 0 Å². The fourth-order valence-electron chi connectivity index (χ4n) is 2.40. The Labute approximate surface area is 117 Å². The maximum Gasteiger partial charge on any atom is 0.372 e. The summed E-state index contributed by atoms with van der Waals surface area (Å²) in [6, 6.07) is 0.253. The molecular weight excluding hydrogens is 260 g/mol. The molecule has 0 spiro atoms. The molecular formula is C13H20N4O3. The highest BCUT2D eigenvalue weighted by Crippen LogP contribution is 2.34. The highest BCUT2D eigenvalue weighted by Gasteiger charge is 2.28. The van der Waals surface area contributed by atoms with Gasteiger partial charge in [-0.1, -0.05) is 19.8 Å². The summed E-state index contributed by atoms with van der Waals surface area (Å²) in [6.07, 6.45) is 4.95. The van der Waals surface area contributed by atoms with Crippen LogP contribution in [0, 0.1) is 10.1 Å². The molecule has 0 atom stereocenters. The van der Waals surface area contributed by atoms with Gasteiger partial charge in [0, 0.05) is 12.5 Å². The van der Waals surface area contributed by atoms with Crippen LogP contribution in [0.25, 0.3) is 0 Å². The lowest BCUT2D eigenvalue weighted by atomic mass is 10.2. The van der Waals surface area contributed by atoms with Gasteiger partial charge in [-0.2, -0.15) is 4.98 Å². The minimum absolute atomic E-state index is 0.0600. The third-order valence-electron chi connectivity index (χ3n) is 3.37. The van der Waals surface area contributed by atoms with Gasteiger partial charge in [-0.3, -0.25) is 10.1 Å². The van der Waals surface area contributed by atoms with Crippen LogP contribution in [0.4, 0.5) is 11.5 Å². The summed E-state index contributed by atoms with van der Waals surface area (Å²) in [6.45, 7) is 4.03. The molecule has 0 aromatic carbocycles. The third-order valence-corrected chi connectivity index (χ3v) is 3.37. The molecule has 1 aromatic heterocycles. The summed E-state index contributed by atoms with van der Waals surface area (Å²) >= 11 is 0. The van der Waals surface area contributed by atoms with Gasteiger partial charge in [-0.25, -0.2) is 4.98 Å². The van der Waals surface area contributed by atoms with Gasteiger partial charge in [-0.15, -0.1) is 0 Å². The number of hydrogen-bond donors (Lipinski definition) is 1. The van der Waals surface area contributed by atoms with E-state index in [1.165, 1.54) is 0 Å². The van der Waals surface area contributed by atoms with Gasteiger partial charge in [0.1, 0.15) is 5.82 Å². The first-order chi connectivity index (χ1) is 9.65. The molecule has 1 N–H and O–H groups in total. The van der Waals surface area contributed by atoms with E-state index < -0.39 is 4.92 Å². The number of hydrogen-bond acceptors (Lipinski definition) is 6. The van der Waals surface area contributed by atoms with Crippen LogP contribution in [0.15, 0.2) is 0 Å². The first-order valence-corrected chi connectivity index (χ1v) is 7.10. The van der Waals surface area contributed by atoms with Crippen LogP contribution in [-0.2, 0) is 6.42 Å². The van der Waals surface area contributed by atoms with E-state index in [9.17, 15) is 10.1 Å². The number of aryl methyl sites for hydroxylation is 1. The second kappa shape index (κ2) is 6.49. The van der Waals surface area contributed by atoms with Crippen LogP contribution in [0.5, 0.6) is 5.88 Å². The molecule has 1 heterocycles. The zero-order valence-electron chi connectivity index (χ0n) is 11.9. The predicted octanol–water partition coefficient (Wildman–Crippen LogP) is 2.70. The normalized spacial score (nSPS) is 15.3. The third kappa shape index (κ3) is 3.15. The van der Waals surface area contributed by atoms with E-state index in [2.05, 4.69) is 15.3 Å². The maximum absolute atomic E-state index is 11.3. The minimum atomic E-state index is -0.471. The number of aromatic nitrogens is 2. The fourth-order valence-corrected chi connectivity index (χ4v) is 2.40. The first-order valence-electron chi connectivity index (χ1n) is 7.10. The molecule has 0 aliphatic heterocycles. The molecule has 1 aliphatic rings. The van der Waals surface area contributed by atoms with Crippen molar-refractivity contribution in [2.75, 3.05) is 11.9 Å². The van der Waals surface area contributed by atoms with Gasteiger partial charge in [0.25, 0.3) is 5.88 Å². The topological polar surface area (TPSA) is 90.2 Å². The van der Waals surface area contributed by atoms with Gasteiger partial charge in [-0.05, 0) is 19.8 Å². The molecule has 0 bridgehead atoms. The molecule has 1 aliphatic carbocycles. The average Bonchev–Trinajstić information content (AvgIpc) is 2.91. The molecule has 7 nitrogen and oxygen atoms in total. The molecule has 20 heavy (non-hydrogen) atoms. The Kier molecular flexibility index (Phi) is 4.70. The summed E-state index contributed by atoms with van der Waals surface area (Å²) in [7, 11) is 0. The Hall–Kier alpha value is -1.92. The molecule has 0 saturated heterocycles. The minimum Gasteiger partial charge on any atom is -0.473 e. The highest BCUT2D eigenvalue weighted by atomic mass is 16.6. The highest BCUT2D eigenvalue weighted by molar-refractivity contribution is 5.62. The number of anilines is 1. The molecule has 0 unspecified atom stereocenters. The van der Waals surface area contributed by atoms with E-state index >= 15 is 0 Å². The fraction of sp³-hybridized carbons (Fsp3) is 0.692. The second-order valence-electron chi connectivity index (χ2n) is 4.81. The Morgan fingerprint density at radius 2 is 2.05 bits per heavy atom. The molecule has 1 saturated carbocycles. The lowest BCUT2D eigenvalue weighted by Crippen LogP contribution is -2.18. The first kappa shape index (κ1) is 14.5. The van der Waals surface area contributed by atoms with Crippen LogP contribution >= 0.6 is 0 Å². The van der Waals surface area contributed by atoms with Crippen molar-refractivity contribution < 1.29 is 9.66 Å². The molecule has 1 fully saturated rings. The molecule has 0 amide bonds. The molecule has 1 aromatic rings. The van der Waals surface area contributed by atoms with Crippen molar-refractivity contribution in [3.8, 4) is 5.88 Å². The zero-order chi connectivity index (χ0) is 14.5. The van der Waals surface area contributed by atoms with Crippen molar-refractivity contribution in [1.82, 2.24) is 9.97 Å². The van der Waals surface area contributed by atoms with Crippen molar-refractivity contribution in [1.29, 1.82) is 0 Å². The standard InChI is InChI=1S/C13H20N4O3/c1-3-10-15-12(14-9-7-5-6-8-9)11(17(18)19)13(16-10)20-4-2/h9H,3-8H2,1-2H3,(H,14,15,16). The lowest BCUT2D eigenvalue weighted by molar-refractivity contribution is -0.385. The summed E-state index contributed by atoms with van der Waals surface area (Å²) in [5, 5.41) is 14.5. The molecule has 2 rings (SSSR count). The molecule has 7 heteroatoms. The summed E-state index contributed by atoms with van der Waals surface area (Å²) in [4.78, 5) is 19.2. The summed E-state index contributed by atoms with van der Waals surface area (Å²) in [5.74, 6) is 0.904. The van der Waals surface area contributed by atoms with Gasteiger partial charge >= 0.3 is 5.69 Å². The van der Waals surface area contributed by atoms with Crippen molar-refractivity contribution in [3.63, 3.8) is 0 Å². The Morgan fingerprint density at radius 1 is 1.35 bits per heavy atom.